The minimum absolute atomic E-state index is 0.0987. The average molecular weight is 415 g/mol. The van der Waals surface area contributed by atoms with Crippen molar-refractivity contribution < 1.29 is 22.7 Å². The second-order valence-electron chi connectivity index (χ2n) is 4.70. The number of anilines is 1. The van der Waals surface area contributed by atoms with Crippen molar-refractivity contribution in [1.29, 1.82) is 0 Å². The molecule has 0 unspecified atom stereocenters. The van der Waals surface area contributed by atoms with E-state index in [-0.39, 0.29) is 22.9 Å². The summed E-state index contributed by atoms with van der Waals surface area (Å²) in [6.07, 6.45) is 0. The molecule has 2 aromatic carbocycles. The molecule has 0 radical (unpaired) electrons. The molecule has 1 amide bonds. The lowest BCUT2D eigenvalue weighted by molar-refractivity contribution is -0.118. The van der Waals surface area contributed by atoms with Crippen molar-refractivity contribution in [2.75, 3.05) is 19.0 Å². The molecule has 0 bridgehead atoms. The van der Waals surface area contributed by atoms with E-state index in [4.69, 9.17) is 14.6 Å². The molecular formula is C15H15BrN2O5S. The van der Waals surface area contributed by atoms with E-state index in [0.29, 0.717) is 5.75 Å². The Kier molecular flexibility index (Phi) is 5.81. The number of carbonyl (C=O) groups excluding carboxylic acids is 1. The van der Waals surface area contributed by atoms with E-state index in [2.05, 4.69) is 21.2 Å². The van der Waals surface area contributed by atoms with Gasteiger partial charge in [-0.15, -0.1) is 0 Å². The Balaban J connectivity index is 2.05. The van der Waals surface area contributed by atoms with E-state index >= 15 is 0 Å². The van der Waals surface area contributed by atoms with Gasteiger partial charge in [0.1, 0.15) is 16.4 Å². The second-order valence-corrected chi connectivity index (χ2v) is 7.15. The first-order chi connectivity index (χ1) is 11.3. The summed E-state index contributed by atoms with van der Waals surface area (Å²) in [5.41, 5.74) is 0.268. The molecule has 0 saturated heterocycles. The standard InChI is InChI=1S/C15H15BrN2O5S/c1-22-13-7-4-11(8-14(13)24(17,20)21)18-15(19)9-23-12-5-2-10(16)3-6-12/h2-8H,9H2,1H3,(H,18,19)(H2,17,20,21). The van der Waals surface area contributed by atoms with Crippen LogP contribution in [-0.2, 0) is 14.8 Å². The van der Waals surface area contributed by atoms with Crippen LogP contribution in [-0.4, -0.2) is 28.0 Å². The third kappa shape index (κ3) is 4.95. The molecule has 0 saturated carbocycles. The van der Waals surface area contributed by atoms with Gasteiger partial charge in [-0.05, 0) is 42.5 Å². The Hall–Kier alpha value is -2.10. The molecule has 7 nitrogen and oxygen atoms in total. The molecule has 24 heavy (non-hydrogen) atoms. The monoisotopic (exact) mass is 414 g/mol. The molecule has 0 fully saturated rings. The van der Waals surface area contributed by atoms with Gasteiger partial charge in [0.2, 0.25) is 10.0 Å². The number of ether oxygens (including phenoxy) is 2. The lowest BCUT2D eigenvalue weighted by atomic mass is 10.3. The van der Waals surface area contributed by atoms with Crippen molar-refractivity contribution in [3.05, 3.63) is 46.9 Å². The number of hydrogen-bond donors (Lipinski definition) is 2. The Morgan fingerprint density at radius 3 is 2.46 bits per heavy atom. The van der Waals surface area contributed by atoms with E-state index in [9.17, 15) is 13.2 Å². The Morgan fingerprint density at radius 2 is 1.88 bits per heavy atom. The fourth-order valence-electron chi connectivity index (χ4n) is 1.85. The highest BCUT2D eigenvalue weighted by Gasteiger charge is 2.16. The molecule has 0 aromatic heterocycles. The fraction of sp³-hybridized carbons (Fsp3) is 0.133. The number of carbonyl (C=O) groups is 1. The van der Waals surface area contributed by atoms with Gasteiger partial charge < -0.3 is 14.8 Å². The van der Waals surface area contributed by atoms with Gasteiger partial charge >= 0.3 is 0 Å². The van der Waals surface area contributed by atoms with Gasteiger partial charge in [-0.1, -0.05) is 15.9 Å². The van der Waals surface area contributed by atoms with E-state index < -0.39 is 15.9 Å². The Labute approximate surface area is 147 Å². The predicted molar refractivity (Wildman–Crippen MR) is 92.6 cm³/mol. The van der Waals surface area contributed by atoms with E-state index in [1.54, 1.807) is 24.3 Å². The van der Waals surface area contributed by atoms with E-state index in [1.807, 2.05) is 0 Å². The van der Waals surface area contributed by atoms with Crippen LogP contribution in [0.2, 0.25) is 0 Å². The molecular weight excluding hydrogens is 400 g/mol. The first-order valence-corrected chi connectivity index (χ1v) is 9.02. The van der Waals surface area contributed by atoms with Crippen molar-refractivity contribution >= 4 is 37.5 Å². The van der Waals surface area contributed by atoms with Crippen LogP contribution in [0.3, 0.4) is 0 Å². The number of primary sulfonamides is 1. The quantitative estimate of drug-likeness (QED) is 0.752. The largest absolute Gasteiger partial charge is 0.495 e. The van der Waals surface area contributed by atoms with E-state index in [0.717, 1.165) is 4.47 Å². The Bertz CT molecular complexity index is 837. The second kappa shape index (κ2) is 7.65. The molecule has 0 aliphatic heterocycles. The number of nitrogens with one attached hydrogen (secondary N) is 1. The number of amides is 1. The predicted octanol–water partition coefficient (Wildman–Crippen LogP) is 2.12. The molecule has 0 heterocycles. The number of nitrogens with two attached hydrogens (primary N) is 1. The number of rotatable bonds is 6. The van der Waals surface area contributed by atoms with Crippen LogP contribution in [0.4, 0.5) is 5.69 Å². The topological polar surface area (TPSA) is 108 Å². The summed E-state index contributed by atoms with van der Waals surface area (Å²) >= 11 is 3.30. The third-order valence-electron chi connectivity index (χ3n) is 2.94. The molecule has 128 valence electrons. The first-order valence-electron chi connectivity index (χ1n) is 6.68. The molecule has 0 aliphatic carbocycles. The van der Waals surface area contributed by atoms with Crippen LogP contribution in [0, 0.1) is 0 Å². The van der Waals surface area contributed by atoms with Crippen LogP contribution in [0.5, 0.6) is 11.5 Å². The number of sulfonamides is 1. The zero-order valence-electron chi connectivity index (χ0n) is 12.7. The van der Waals surface area contributed by atoms with Crippen LogP contribution in [0.15, 0.2) is 51.8 Å². The Morgan fingerprint density at radius 1 is 1.21 bits per heavy atom. The SMILES string of the molecule is COc1ccc(NC(=O)COc2ccc(Br)cc2)cc1S(N)(=O)=O. The number of benzene rings is 2. The highest BCUT2D eigenvalue weighted by molar-refractivity contribution is 9.10. The fourth-order valence-corrected chi connectivity index (χ4v) is 2.84. The third-order valence-corrected chi connectivity index (χ3v) is 4.40. The molecule has 3 N–H and O–H groups in total. The van der Waals surface area contributed by atoms with Gasteiger partial charge in [0.15, 0.2) is 6.61 Å². The summed E-state index contributed by atoms with van der Waals surface area (Å²) in [6, 6.07) is 11.1. The summed E-state index contributed by atoms with van der Waals surface area (Å²) in [5.74, 6) is 0.193. The molecule has 2 aromatic rings. The van der Waals surface area contributed by atoms with Crippen molar-refractivity contribution in [3.63, 3.8) is 0 Å². The van der Waals surface area contributed by atoms with Crippen LogP contribution in [0.1, 0.15) is 0 Å². The number of hydrogen-bond acceptors (Lipinski definition) is 5. The maximum Gasteiger partial charge on any atom is 0.262 e. The van der Waals surface area contributed by atoms with E-state index in [1.165, 1.54) is 25.3 Å². The van der Waals surface area contributed by atoms with Crippen LogP contribution < -0.4 is 19.9 Å². The summed E-state index contributed by atoms with van der Waals surface area (Å²) in [7, 11) is -2.65. The van der Waals surface area contributed by atoms with Crippen molar-refractivity contribution in [1.82, 2.24) is 0 Å². The highest BCUT2D eigenvalue weighted by atomic mass is 79.9. The van der Waals surface area contributed by atoms with Gasteiger partial charge in [0.25, 0.3) is 5.91 Å². The molecule has 0 atom stereocenters. The smallest absolute Gasteiger partial charge is 0.262 e. The minimum Gasteiger partial charge on any atom is -0.495 e. The molecule has 9 heteroatoms. The van der Waals surface area contributed by atoms with Crippen molar-refractivity contribution in [3.8, 4) is 11.5 Å². The maximum absolute atomic E-state index is 11.9. The van der Waals surface area contributed by atoms with Crippen molar-refractivity contribution in [2.45, 2.75) is 4.90 Å². The van der Waals surface area contributed by atoms with Crippen LogP contribution in [0.25, 0.3) is 0 Å². The zero-order valence-corrected chi connectivity index (χ0v) is 15.1. The average Bonchev–Trinajstić information content (AvgIpc) is 2.53. The van der Waals surface area contributed by atoms with Crippen LogP contribution >= 0.6 is 15.9 Å². The highest BCUT2D eigenvalue weighted by Crippen LogP contribution is 2.26. The number of halogens is 1. The molecule has 2 rings (SSSR count). The zero-order chi connectivity index (χ0) is 17.7. The number of methoxy groups -OCH3 is 1. The van der Waals surface area contributed by atoms with Gasteiger partial charge in [-0.25, -0.2) is 13.6 Å². The first kappa shape index (κ1) is 18.2. The van der Waals surface area contributed by atoms with Gasteiger partial charge in [-0.3, -0.25) is 4.79 Å². The van der Waals surface area contributed by atoms with Crippen molar-refractivity contribution in [2.24, 2.45) is 5.14 Å². The van der Waals surface area contributed by atoms with Gasteiger partial charge in [0.05, 0.1) is 7.11 Å². The molecule has 0 aliphatic rings. The minimum atomic E-state index is -3.98. The normalized spacial score (nSPS) is 11.0. The van der Waals surface area contributed by atoms with Gasteiger partial charge in [0, 0.05) is 10.2 Å². The summed E-state index contributed by atoms with van der Waals surface area (Å²) in [5, 5.41) is 7.67. The summed E-state index contributed by atoms with van der Waals surface area (Å²) in [6.45, 7) is -0.224. The summed E-state index contributed by atoms with van der Waals surface area (Å²) in [4.78, 5) is 11.7. The van der Waals surface area contributed by atoms with Gasteiger partial charge in [-0.2, -0.15) is 0 Å². The molecule has 0 spiro atoms. The summed E-state index contributed by atoms with van der Waals surface area (Å²) < 4.78 is 34.3. The lowest BCUT2D eigenvalue weighted by Gasteiger charge is -2.11. The lowest BCUT2D eigenvalue weighted by Crippen LogP contribution is -2.21. The maximum atomic E-state index is 11.9.